The summed E-state index contributed by atoms with van der Waals surface area (Å²) in [5, 5.41) is 12.3. The largest absolute Gasteiger partial charge is 0.480 e. The number of piperidine rings is 1. The zero-order chi connectivity index (χ0) is 13.5. The molecule has 1 amide bonds. The summed E-state index contributed by atoms with van der Waals surface area (Å²) >= 11 is 0. The van der Waals surface area contributed by atoms with Gasteiger partial charge in [0, 0.05) is 13.5 Å². The van der Waals surface area contributed by atoms with Crippen molar-refractivity contribution in [3.63, 3.8) is 0 Å². The van der Waals surface area contributed by atoms with Crippen LogP contribution in [0.4, 0.5) is 0 Å². The highest BCUT2D eigenvalue weighted by Crippen LogP contribution is 2.17. The van der Waals surface area contributed by atoms with Crippen molar-refractivity contribution in [2.75, 3.05) is 20.1 Å². The maximum atomic E-state index is 11.9. The average Bonchev–Trinajstić information content (AvgIpc) is 2.37. The van der Waals surface area contributed by atoms with E-state index in [2.05, 4.69) is 5.32 Å². The molecule has 0 saturated carbocycles. The Morgan fingerprint density at radius 3 is 2.72 bits per heavy atom. The van der Waals surface area contributed by atoms with E-state index < -0.39 is 12.0 Å². The van der Waals surface area contributed by atoms with Gasteiger partial charge in [0.05, 0.1) is 0 Å². The van der Waals surface area contributed by atoms with E-state index in [0.717, 1.165) is 19.5 Å². The number of likely N-dealkylation sites (N-methyl/N-ethyl adjacent to an activating group) is 1. The first-order valence-electron chi connectivity index (χ1n) is 6.75. The van der Waals surface area contributed by atoms with Gasteiger partial charge < -0.3 is 15.3 Å². The predicted molar refractivity (Wildman–Crippen MR) is 69.3 cm³/mol. The van der Waals surface area contributed by atoms with Crippen LogP contribution in [-0.2, 0) is 9.59 Å². The van der Waals surface area contributed by atoms with Crippen molar-refractivity contribution in [1.29, 1.82) is 0 Å². The van der Waals surface area contributed by atoms with Crippen molar-refractivity contribution in [2.45, 2.75) is 45.1 Å². The van der Waals surface area contributed by atoms with Crippen LogP contribution in [0.3, 0.4) is 0 Å². The molecular formula is C13H24N2O3. The summed E-state index contributed by atoms with van der Waals surface area (Å²) in [7, 11) is 1.59. The van der Waals surface area contributed by atoms with Crippen LogP contribution in [0.25, 0.3) is 0 Å². The van der Waals surface area contributed by atoms with Crippen molar-refractivity contribution in [2.24, 2.45) is 5.92 Å². The number of rotatable bonds is 6. The van der Waals surface area contributed by atoms with Gasteiger partial charge in [-0.1, -0.05) is 6.92 Å². The van der Waals surface area contributed by atoms with E-state index in [0.29, 0.717) is 18.8 Å². The van der Waals surface area contributed by atoms with Crippen LogP contribution in [0.1, 0.15) is 39.0 Å². The topological polar surface area (TPSA) is 69.6 Å². The number of aliphatic carboxylic acids is 1. The van der Waals surface area contributed by atoms with Crippen LogP contribution >= 0.6 is 0 Å². The molecule has 2 unspecified atom stereocenters. The summed E-state index contributed by atoms with van der Waals surface area (Å²) in [5.41, 5.74) is 0. The first kappa shape index (κ1) is 15.0. The van der Waals surface area contributed by atoms with Gasteiger partial charge in [-0.25, -0.2) is 4.79 Å². The Morgan fingerprint density at radius 2 is 2.22 bits per heavy atom. The second-order valence-electron chi connectivity index (χ2n) is 5.02. The molecule has 1 fully saturated rings. The Balaban J connectivity index is 2.36. The second-order valence-corrected chi connectivity index (χ2v) is 5.02. The number of carbonyl (C=O) groups is 2. The highest BCUT2D eigenvalue weighted by atomic mass is 16.4. The highest BCUT2D eigenvalue weighted by molar-refractivity contribution is 5.83. The monoisotopic (exact) mass is 256 g/mol. The van der Waals surface area contributed by atoms with Crippen molar-refractivity contribution < 1.29 is 14.7 Å². The Morgan fingerprint density at radius 1 is 1.50 bits per heavy atom. The Kier molecular flexibility index (Phi) is 6.12. The number of hydrogen-bond donors (Lipinski definition) is 2. The molecule has 104 valence electrons. The molecule has 0 aromatic carbocycles. The van der Waals surface area contributed by atoms with Gasteiger partial charge >= 0.3 is 5.97 Å². The maximum absolute atomic E-state index is 11.9. The standard InChI is InChI=1S/C13H24N2O3/c1-3-11(13(17)18)15(2)12(16)7-6-10-5-4-8-14-9-10/h10-11,14H,3-9H2,1-2H3,(H,17,18). The third-order valence-corrected chi connectivity index (χ3v) is 3.70. The molecule has 1 saturated heterocycles. The Hall–Kier alpha value is -1.10. The van der Waals surface area contributed by atoms with E-state index >= 15 is 0 Å². The summed E-state index contributed by atoms with van der Waals surface area (Å²) in [6.07, 6.45) is 4.09. The third-order valence-electron chi connectivity index (χ3n) is 3.70. The number of nitrogens with one attached hydrogen (secondary N) is 1. The fraction of sp³-hybridized carbons (Fsp3) is 0.846. The lowest BCUT2D eigenvalue weighted by atomic mass is 9.94. The predicted octanol–water partition coefficient (Wildman–Crippen LogP) is 1.09. The molecule has 18 heavy (non-hydrogen) atoms. The number of nitrogens with zero attached hydrogens (tertiary/aromatic N) is 1. The maximum Gasteiger partial charge on any atom is 0.326 e. The lowest BCUT2D eigenvalue weighted by Crippen LogP contribution is -2.42. The van der Waals surface area contributed by atoms with Crippen LogP contribution in [0.5, 0.6) is 0 Å². The van der Waals surface area contributed by atoms with E-state index in [1.54, 1.807) is 14.0 Å². The summed E-state index contributed by atoms with van der Waals surface area (Å²) in [4.78, 5) is 24.3. The molecule has 1 aliphatic heterocycles. The summed E-state index contributed by atoms with van der Waals surface area (Å²) < 4.78 is 0. The van der Waals surface area contributed by atoms with E-state index in [1.807, 2.05) is 0 Å². The number of carbonyl (C=O) groups excluding carboxylic acids is 1. The van der Waals surface area contributed by atoms with Gasteiger partial charge in [-0.3, -0.25) is 4.79 Å². The van der Waals surface area contributed by atoms with Crippen molar-refractivity contribution >= 4 is 11.9 Å². The molecule has 0 aromatic heterocycles. The molecule has 0 radical (unpaired) electrons. The first-order valence-corrected chi connectivity index (χ1v) is 6.75. The first-order chi connectivity index (χ1) is 8.56. The molecule has 1 heterocycles. The Bertz CT molecular complexity index is 288. The molecule has 0 aromatic rings. The summed E-state index contributed by atoms with van der Waals surface area (Å²) in [5.74, 6) is -0.427. The van der Waals surface area contributed by atoms with Crippen LogP contribution in [0.15, 0.2) is 0 Å². The molecule has 0 spiro atoms. The minimum atomic E-state index is -0.923. The number of carboxylic acid groups (broad SMARTS) is 1. The summed E-state index contributed by atoms with van der Waals surface area (Å²) in [6, 6.07) is -0.693. The Labute approximate surface area is 109 Å². The molecule has 1 aliphatic rings. The van der Waals surface area contributed by atoms with Crippen molar-refractivity contribution in [1.82, 2.24) is 10.2 Å². The normalized spacial score (nSPS) is 21.3. The van der Waals surface area contributed by atoms with Crippen LogP contribution in [0.2, 0.25) is 0 Å². The molecule has 0 aliphatic carbocycles. The minimum absolute atomic E-state index is 0.0603. The zero-order valence-electron chi connectivity index (χ0n) is 11.3. The number of hydrogen-bond acceptors (Lipinski definition) is 3. The second kappa shape index (κ2) is 7.36. The molecule has 2 N–H and O–H groups in total. The SMILES string of the molecule is CCC(C(=O)O)N(C)C(=O)CCC1CCCNC1. The zero-order valence-corrected chi connectivity index (χ0v) is 11.3. The number of amides is 1. The molecule has 1 rings (SSSR count). The van der Waals surface area contributed by atoms with Gasteiger partial charge in [0.15, 0.2) is 0 Å². The van der Waals surface area contributed by atoms with Crippen LogP contribution in [0, 0.1) is 5.92 Å². The molecule has 5 heteroatoms. The van der Waals surface area contributed by atoms with Gasteiger partial charge in [0.2, 0.25) is 5.91 Å². The number of carboxylic acids is 1. The average molecular weight is 256 g/mol. The van der Waals surface area contributed by atoms with Gasteiger partial charge in [-0.2, -0.15) is 0 Å². The van der Waals surface area contributed by atoms with E-state index in [1.165, 1.54) is 17.7 Å². The van der Waals surface area contributed by atoms with Crippen molar-refractivity contribution in [3.05, 3.63) is 0 Å². The lowest BCUT2D eigenvalue weighted by molar-refractivity contribution is -0.149. The van der Waals surface area contributed by atoms with Crippen LogP contribution in [-0.4, -0.2) is 48.1 Å². The van der Waals surface area contributed by atoms with Crippen molar-refractivity contribution in [3.8, 4) is 0 Å². The molecule has 0 bridgehead atoms. The van der Waals surface area contributed by atoms with Gasteiger partial charge in [0.25, 0.3) is 0 Å². The summed E-state index contributed by atoms with van der Waals surface area (Å²) in [6.45, 7) is 3.84. The van der Waals surface area contributed by atoms with E-state index in [4.69, 9.17) is 5.11 Å². The minimum Gasteiger partial charge on any atom is -0.480 e. The lowest BCUT2D eigenvalue weighted by Gasteiger charge is -2.26. The fourth-order valence-corrected chi connectivity index (χ4v) is 2.46. The van der Waals surface area contributed by atoms with Gasteiger partial charge in [-0.05, 0) is 44.7 Å². The third kappa shape index (κ3) is 4.29. The van der Waals surface area contributed by atoms with Gasteiger partial charge in [0.1, 0.15) is 6.04 Å². The molecule has 5 nitrogen and oxygen atoms in total. The van der Waals surface area contributed by atoms with E-state index in [9.17, 15) is 9.59 Å². The smallest absolute Gasteiger partial charge is 0.326 e. The van der Waals surface area contributed by atoms with Gasteiger partial charge in [-0.15, -0.1) is 0 Å². The van der Waals surface area contributed by atoms with Crippen LogP contribution < -0.4 is 5.32 Å². The molecule has 2 atom stereocenters. The van der Waals surface area contributed by atoms with E-state index in [-0.39, 0.29) is 5.91 Å². The fourth-order valence-electron chi connectivity index (χ4n) is 2.46. The quantitative estimate of drug-likeness (QED) is 0.746. The molecular weight excluding hydrogens is 232 g/mol. The highest BCUT2D eigenvalue weighted by Gasteiger charge is 2.25.